The van der Waals surface area contributed by atoms with Crippen LogP contribution in [0, 0.1) is 5.41 Å². The van der Waals surface area contributed by atoms with E-state index in [-0.39, 0.29) is 17.5 Å². The molecule has 3 N–H and O–H groups in total. The van der Waals surface area contributed by atoms with Crippen LogP contribution in [-0.2, 0) is 11.9 Å². The largest absolute Gasteiger partial charge is 0.404 e. The van der Waals surface area contributed by atoms with Crippen LogP contribution < -0.4 is 16.1 Å². The fourth-order valence-corrected chi connectivity index (χ4v) is 4.87. The van der Waals surface area contributed by atoms with Gasteiger partial charge in [0, 0.05) is 43.8 Å². The zero-order chi connectivity index (χ0) is 28.2. The summed E-state index contributed by atoms with van der Waals surface area (Å²) in [5.74, 6) is 0. The Morgan fingerprint density at radius 1 is 1.28 bits per heavy atom. The third-order valence-corrected chi connectivity index (χ3v) is 6.42. The van der Waals surface area contributed by atoms with Gasteiger partial charge in [-0.3, -0.25) is 9.52 Å². The van der Waals surface area contributed by atoms with Gasteiger partial charge in [-0.1, -0.05) is 32.0 Å². The van der Waals surface area contributed by atoms with Crippen LogP contribution >= 0.6 is 0 Å². The number of amides is 2. The van der Waals surface area contributed by atoms with Crippen molar-refractivity contribution in [1.82, 2.24) is 30.0 Å². The number of hydrazone groups is 1. The monoisotopic (exact) mass is 533 g/mol. The SMILES string of the molecule is C/C(=C\N)C(=NN(C(=O)N[C@H]1CON(CC(C)(C)CN(C)C)C1)c1ccccc1)c1cnc2c(cnn2C)c1. The minimum Gasteiger partial charge on any atom is -0.404 e. The summed E-state index contributed by atoms with van der Waals surface area (Å²) in [7, 11) is 5.97. The number of aryl methyl sites for hydroxylation is 1. The molecule has 0 bridgehead atoms. The molecule has 1 aromatic carbocycles. The molecule has 208 valence electrons. The molecule has 1 saturated heterocycles. The fourth-order valence-electron chi connectivity index (χ4n) is 4.87. The highest BCUT2D eigenvalue weighted by Gasteiger charge is 2.32. The average molecular weight is 534 g/mol. The van der Waals surface area contributed by atoms with Crippen molar-refractivity contribution in [3.8, 4) is 0 Å². The Morgan fingerprint density at radius 2 is 2.03 bits per heavy atom. The molecule has 11 heteroatoms. The van der Waals surface area contributed by atoms with Crippen molar-refractivity contribution < 1.29 is 9.63 Å². The Bertz CT molecular complexity index is 1350. The first-order valence-electron chi connectivity index (χ1n) is 13.0. The third-order valence-electron chi connectivity index (χ3n) is 6.42. The van der Waals surface area contributed by atoms with Gasteiger partial charge in [0.1, 0.15) is 0 Å². The second kappa shape index (κ2) is 11.9. The van der Waals surface area contributed by atoms with E-state index < -0.39 is 0 Å². The number of pyridine rings is 1. The summed E-state index contributed by atoms with van der Waals surface area (Å²) in [5, 5.41) is 16.4. The van der Waals surface area contributed by atoms with E-state index >= 15 is 0 Å². The van der Waals surface area contributed by atoms with Crippen molar-refractivity contribution in [2.24, 2.45) is 23.3 Å². The molecule has 0 radical (unpaired) electrons. The van der Waals surface area contributed by atoms with E-state index in [0.717, 1.165) is 29.7 Å². The van der Waals surface area contributed by atoms with Crippen LogP contribution in [0.5, 0.6) is 0 Å². The molecule has 3 aromatic rings. The standard InChI is InChI=1S/C28H39N9O2/c1-20(13-29)25(21-12-22-15-31-35(6)26(22)30-14-21)33-37(24-10-8-7-9-11-24)27(38)32-23-16-36(39-17-23)19-28(2,3)18-34(4)5/h7-15,23H,16-19,29H2,1-6H3,(H,32,38)/b20-13+,33-25?/t23-/m1/s1. The zero-order valence-corrected chi connectivity index (χ0v) is 23.6. The number of urea groups is 1. The number of nitrogens with one attached hydrogen (secondary N) is 1. The topological polar surface area (TPSA) is 117 Å². The summed E-state index contributed by atoms with van der Waals surface area (Å²) in [4.78, 5) is 26.3. The van der Waals surface area contributed by atoms with Crippen LogP contribution in [0.3, 0.4) is 0 Å². The van der Waals surface area contributed by atoms with Crippen LogP contribution in [0.25, 0.3) is 11.0 Å². The number of benzene rings is 1. The lowest BCUT2D eigenvalue weighted by molar-refractivity contribution is -0.129. The minimum absolute atomic E-state index is 0.0349. The van der Waals surface area contributed by atoms with Crippen molar-refractivity contribution >= 4 is 28.5 Å². The smallest absolute Gasteiger partial charge is 0.342 e. The van der Waals surface area contributed by atoms with Crippen LogP contribution in [0.1, 0.15) is 26.3 Å². The molecule has 11 nitrogen and oxygen atoms in total. The second-order valence-corrected chi connectivity index (χ2v) is 11.0. The van der Waals surface area contributed by atoms with Gasteiger partial charge in [-0.05, 0) is 56.4 Å². The van der Waals surface area contributed by atoms with Crippen LogP contribution in [0.15, 0.2) is 65.7 Å². The third kappa shape index (κ3) is 6.99. The second-order valence-electron chi connectivity index (χ2n) is 11.0. The number of nitrogens with zero attached hydrogens (tertiary/aromatic N) is 7. The van der Waals surface area contributed by atoms with E-state index in [0.29, 0.717) is 30.1 Å². The predicted octanol–water partition coefficient (Wildman–Crippen LogP) is 2.95. The molecule has 0 spiro atoms. The van der Waals surface area contributed by atoms with Gasteiger partial charge in [-0.2, -0.15) is 20.3 Å². The molecule has 0 aliphatic carbocycles. The number of nitrogens with two attached hydrogens (primary N) is 1. The van der Waals surface area contributed by atoms with E-state index in [2.05, 4.69) is 48.2 Å². The molecular weight excluding hydrogens is 494 g/mol. The van der Waals surface area contributed by atoms with Crippen molar-refractivity contribution in [3.05, 3.63) is 66.1 Å². The molecule has 0 saturated carbocycles. The quantitative estimate of drug-likeness (QED) is 0.321. The van der Waals surface area contributed by atoms with Crippen molar-refractivity contribution in [3.63, 3.8) is 0 Å². The first-order valence-corrected chi connectivity index (χ1v) is 13.0. The lowest BCUT2D eigenvalue weighted by atomic mass is 9.93. The maximum atomic E-state index is 13.7. The number of allylic oxidation sites excluding steroid dienone is 1. The first kappa shape index (κ1) is 28.2. The van der Waals surface area contributed by atoms with E-state index in [1.54, 1.807) is 17.1 Å². The van der Waals surface area contributed by atoms with Gasteiger partial charge in [0.25, 0.3) is 0 Å². The van der Waals surface area contributed by atoms with Gasteiger partial charge >= 0.3 is 6.03 Å². The highest BCUT2D eigenvalue weighted by atomic mass is 16.7. The molecule has 39 heavy (non-hydrogen) atoms. The Balaban J connectivity index is 1.59. The predicted molar refractivity (Wildman–Crippen MR) is 154 cm³/mol. The summed E-state index contributed by atoms with van der Waals surface area (Å²) in [6, 6.07) is 10.7. The lowest BCUT2D eigenvalue weighted by Crippen LogP contribution is -2.46. The van der Waals surface area contributed by atoms with E-state index in [1.165, 1.54) is 11.2 Å². The Hall–Kier alpha value is -3.80. The van der Waals surface area contributed by atoms with E-state index in [4.69, 9.17) is 15.7 Å². The number of hydroxylamine groups is 2. The number of fused-ring (bicyclic) bond motifs is 1. The highest BCUT2D eigenvalue weighted by Crippen LogP contribution is 2.22. The number of anilines is 1. The van der Waals surface area contributed by atoms with Crippen molar-refractivity contribution in [2.75, 3.05) is 45.3 Å². The fraction of sp³-hybridized carbons (Fsp3) is 0.429. The molecular formula is C28H39N9O2. The Labute approximate surface area is 229 Å². The van der Waals surface area contributed by atoms with Crippen molar-refractivity contribution in [2.45, 2.75) is 26.8 Å². The van der Waals surface area contributed by atoms with E-state index in [9.17, 15) is 4.79 Å². The molecule has 3 heterocycles. The molecule has 1 aliphatic heterocycles. The number of carbonyl (C=O) groups excluding carboxylic acids is 1. The molecule has 1 atom stereocenters. The molecule has 0 unspecified atom stereocenters. The first-order chi connectivity index (χ1) is 18.6. The number of hydrogen-bond donors (Lipinski definition) is 2. The van der Waals surface area contributed by atoms with Gasteiger partial charge in [0.2, 0.25) is 0 Å². The molecule has 2 aromatic heterocycles. The molecule has 2 amide bonds. The van der Waals surface area contributed by atoms with Crippen LogP contribution in [0.4, 0.5) is 10.5 Å². The summed E-state index contributed by atoms with van der Waals surface area (Å²) in [6.07, 6.45) is 4.94. The number of rotatable bonds is 9. The Morgan fingerprint density at radius 3 is 2.72 bits per heavy atom. The van der Waals surface area contributed by atoms with Crippen LogP contribution in [0.2, 0.25) is 0 Å². The normalized spacial score (nSPS) is 17.3. The van der Waals surface area contributed by atoms with Gasteiger partial charge in [0.15, 0.2) is 5.65 Å². The minimum atomic E-state index is -0.359. The molecule has 1 fully saturated rings. The molecule has 4 rings (SSSR count). The lowest BCUT2D eigenvalue weighted by Gasteiger charge is -2.31. The summed E-state index contributed by atoms with van der Waals surface area (Å²) in [5.41, 5.74) is 9.29. The van der Waals surface area contributed by atoms with Gasteiger partial charge in [-0.15, -0.1) is 0 Å². The maximum absolute atomic E-state index is 13.7. The number of para-hydroxylation sites is 1. The maximum Gasteiger partial charge on any atom is 0.342 e. The molecule has 1 aliphatic rings. The summed E-state index contributed by atoms with van der Waals surface area (Å²) in [6.45, 7) is 8.94. The van der Waals surface area contributed by atoms with Crippen LogP contribution in [-0.4, -0.2) is 82.8 Å². The zero-order valence-electron chi connectivity index (χ0n) is 23.6. The summed E-state index contributed by atoms with van der Waals surface area (Å²) < 4.78 is 1.71. The van der Waals surface area contributed by atoms with Crippen molar-refractivity contribution in [1.29, 1.82) is 0 Å². The Kier molecular flexibility index (Phi) is 8.63. The van der Waals surface area contributed by atoms with Gasteiger partial charge in [0.05, 0.1) is 30.2 Å². The summed E-state index contributed by atoms with van der Waals surface area (Å²) >= 11 is 0. The number of carbonyl (C=O) groups is 1. The highest BCUT2D eigenvalue weighted by molar-refractivity contribution is 6.14. The number of aromatic nitrogens is 3. The van der Waals surface area contributed by atoms with Gasteiger partial charge < -0.3 is 16.0 Å². The van der Waals surface area contributed by atoms with Gasteiger partial charge in [-0.25, -0.2) is 9.78 Å². The average Bonchev–Trinajstić information content (AvgIpc) is 3.48. The van der Waals surface area contributed by atoms with E-state index in [1.807, 2.05) is 55.4 Å². The number of hydrogen-bond acceptors (Lipinski definition) is 8.